The van der Waals surface area contributed by atoms with Crippen LogP contribution in [0.25, 0.3) is 0 Å². The first-order chi connectivity index (χ1) is 9.63. The van der Waals surface area contributed by atoms with E-state index in [1.165, 1.54) is 15.3 Å². The average Bonchev–Trinajstić information content (AvgIpc) is 2.86. The molecule has 0 saturated heterocycles. The van der Waals surface area contributed by atoms with Gasteiger partial charge < -0.3 is 5.32 Å². The number of nitrogens with one attached hydrogen (secondary N) is 1. The van der Waals surface area contributed by atoms with Crippen molar-refractivity contribution in [3.05, 3.63) is 51.0 Å². The first-order valence-electron chi connectivity index (χ1n) is 7.39. The Balaban J connectivity index is 2.21. The van der Waals surface area contributed by atoms with E-state index >= 15 is 0 Å². The second-order valence-electron chi connectivity index (χ2n) is 5.16. The van der Waals surface area contributed by atoms with Crippen LogP contribution >= 0.6 is 11.3 Å². The molecule has 0 spiro atoms. The first-order valence-corrected chi connectivity index (χ1v) is 8.20. The van der Waals surface area contributed by atoms with E-state index in [-0.39, 0.29) is 0 Å². The molecule has 0 aliphatic carbocycles. The fourth-order valence-electron chi connectivity index (χ4n) is 2.53. The lowest BCUT2D eigenvalue weighted by atomic mass is 10.0. The SMILES string of the molecule is CCNC(Cc1ccc(CC)s1)c1ccc(C)nc1C. The van der Waals surface area contributed by atoms with Crippen LogP contribution in [0.3, 0.4) is 0 Å². The number of rotatable bonds is 6. The third-order valence-corrected chi connectivity index (χ3v) is 4.81. The summed E-state index contributed by atoms with van der Waals surface area (Å²) in [5, 5.41) is 3.60. The largest absolute Gasteiger partial charge is 0.310 e. The summed E-state index contributed by atoms with van der Waals surface area (Å²) >= 11 is 1.93. The second-order valence-corrected chi connectivity index (χ2v) is 6.42. The highest BCUT2D eigenvalue weighted by molar-refractivity contribution is 7.11. The fourth-order valence-corrected chi connectivity index (χ4v) is 3.53. The summed E-state index contributed by atoms with van der Waals surface area (Å²) in [7, 11) is 0. The molecule has 0 aliphatic rings. The van der Waals surface area contributed by atoms with E-state index in [9.17, 15) is 0 Å². The van der Waals surface area contributed by atoms with Crippen LogP contribution in [0.5, 0.6) is 0 Å². The quantitative estimate of drug-likeness (QED) is 0.861. The van der Waals surface area contributed by atoms with E-state index in [0.717, 1.165) is 30.8 Å². The fraction of sp³-hybridized carbons (Fsp3) is 0.471. The molecule has 0 aliphatic heterocycles. The van der Waals surface area contributed by atoms with E-state index in [0.29, 0.717) is 6.04 Å². The van der Waals surface area contributed by atoms with Crippen LogP contribution < -0.4 is 5.32 Å². The van der Waals surface area contributed by atoms with Crippen molar-refractivity contribution >= 4 is 11.3 Å². The highest BCUT2D eigenvalue weighted by Crippen LogP contribution is 2.25. The van der Waals surface area contributed by atoms with E-state index in [1.54, 1.807) is 0 Å². The Kier molecular flexibility index (Phi) is 5.32. The summed E-state index contributed by atoms with van der Waals surface area (Å²) in [6, 6.07) is 9.21. The number of hydrogen-bond acceptors (Lipinski definition) is 3. The van der Waals surface area contributed by atoms with Crippen molar-refractivity contribution in [3.8, 4) is 0 Å². The number of likely N-dealkylation sites (N-methyl/N-ethyl adjacent to an activating group) is 1. The maximum atomic E-state index is 4.60. The molecule has 2 rings (SSSR count). The Morgan fingerprint density at radius 3 is 2.45 bits per heavy atom. The first kappa shape index (κ1) is 15.2. The molecule has 0 aromatic carbocycles. The molecule has 2 nitrogen and oxygen atoms in total. The summed E-state index contributed by atoms with van der Waals surface area (Å²) in [6.45, 7) is 9.51. The molecule has 108 valence electrons. The molecular weight excluding hydrogens is 264 g/mol. The van der Waals surface area contributed by atoms with Crippen LogP contribution in [0, 0.1) is 13.8 Å². The third kappa shape index (κ3) is 3.68. The van der Waals surface area contributed by atoms with Gasteiger partial charge in [0.25, 0.3) is 0 Å². The van der Waals surface area contributed by atoms with Gasteiger partial charge >= 0.3 is 0 Å². The number of aromatic nitrogens is 1. The minimum absolute atomic E-state index is 0.358. The molecular formula is C17H24N2S. The lowest BCUT2D eigenvalue weighted by Crippen LogP contribution is -2.23. The van der Waals surface area contributed by atoms with Crippen molar-refractivity contribution in [3.63, 3.8) is 0 Å². The molecule has 0 bridgehead atoms. The second kappa shape index (κ2) is 7.00. The zero-order valence-electron chi connectivity index (χ0n) is 12.9. The van der Waals surface area contributed by atoms with Gasteiger partial charge in [-0.25, -0.2) is 0 Å². The normalized spacial score (nSPS) is 12.6. The summed E-state index contributed by atoms with van der Waals surface area (Å²) in [6.07, 6.45) is 2.17. The lowest BCUT2D eigenvalue weighted by molar-refractivity contribution is 0.548. The van der Waals surface area contributed by atoms with E-state index in [2.05, 4.69) is 55.3 Å². The van der Waals surface area contributed by atoms with Crippen molar-refractivity contribution in [1.82, 2.24) is 10.3 Å². The molecule has 0 saturated carbocycles. The zero-order valence-corrected chi connectivity index (χ0v) is 13.7. The molecule has 2 aromatic rings. The molecule has 0 amide bonds. The van der Waals surface area contributed by atoms with Crippen LogP contribution in [0.4, 0.5) is 0 Å². The van der Waals surface area contributed by atoms with Crippen LogP contribution in [0.1, 0.15) is 46.6 Å². The van der Waals surface area contributed by atoms with Gasteiger partial charge in [-0.1, -0.05) is 19.9 Å². The van der Waals surface area contributed by atoms with Crippen molar-refractivity contribution in [2.75, 3.05) is 6.54 Å². The Bertz CT molecular complexity index is 560. The summed E-state index contributed by atoms with van der Waals surface area (Å²) in [5.74, 6) is 0. The van der Waals surface area contributed by atoms with E-state index in [1.807, 2.05) is 18.3 Å². The highest BCUT2D eigenvalue weighted by Gasteiger charge is 2.15. The third-order valence-electron chi connectivity index (χ3n) is 3.56. The van der Waals surface area contributed by atoms with Gasteiger partial charge in [-0.15, -0.1) is 11.3 Å². The maximum absolute atomic E-state index is 4.60. The van der Waals surface area contributed by atoms with Crippen molar-refractivity contribution < 1.29 is 0 Å². The minimum Gasteiger partial charge on any atom is -0.310 e. The predicted molar refractivity (Wildman–Crippen MR) is 87.5 cm³/mol. The van der Waals surface area contributed by atoms with Gasteiger partial charge in [0, 0.05) is 33.6 Å². The zero-order chi connectivity index (χ0) is 14.5. The molecule has 2 aromatic heterocycles. The van der Waals surface area contributed by atoms with Gasteiger partial charge in [-0.05, 0) is 50.6 Å². The molecule has 0 fully saturated rings. The summed E-state index contributed by atoms with van der Waals surface area (Å²) < 4.78 is 0. The molecule has 20 heavy (non-hydrogen) atoms. The molecule has 3 heteroatoms. The predicted octanol–water partition coefficient (Wildman–Crippen LogP) is 4.22. The highest BCUT2D eigenvalue weighted by atomic mass is 32.1. The van der Waals surface area contributed by atoms with Crippen LogP contribution in [0.2, 0.25) is 0 Å². The van der Waals surface area contributed by atoms with Crippen molar-refractivity contribution in [1.29, 1.82) is 0 Å². The van der Waals surface area contributed by atoms with Gasteiger partial charge in [0.1, 0.15) is 0 Å². The van der Waals surface area contributed by atoms with E-state index < -0.39 is 0 Å². The Morgan fingerprint density at radius 1 is 1.10 bits per heavy atom. The van der Waals surface area contributed by atoms with Gasteiger partial charge in [0.05, 0.1) is 0 Å². The Morgan fingerprint density at radius 2 is 1.85 bits per heavy atom. The van der Waals surface area contributed by atoms with Gasteiger partial charge in [0.15, 0.2) is 0 Å². The van der Waals surface area contributed by atoms with Gasteiger partial charge in [0.2, 0.25) is 0 Å². The monoisotopic (exact) mass is 288 g/mol. The van der Waals surface area contributed by atoms with Crippen LogP contribution in [-0.4, -0.2) is 11.5 Å². The molecule has 1 atom stereocenters. The lowest BCUT2D eigenvalue weighted by Gasteiger charge is -2.19. The van der Waals surface area contributed by atoms with Gasteiger partial charge in [-0.3, -0.25) is 4.98 Å². The standard InChI is InChI=1S/C17H24N2S/c1-5-14-8-9-15(20-14)11-17(18-6-2)16-10-7-12(3)19-13(16)4/h7-10,17-18H,5-6,11H2,1-4H3. The topological polar surface area (TPSA) is 24.9 Å². The summed E-state index contributed by atoms with van der Waals surface area (Å²) in [4.78, 5) is 7.52. The number of nitrogens with zero attached hydrogens (tertiary/aromatic N) is 1. The molecule has 1 N–H and O–H groups in total. The number of hydrogen-bond donors (Lipinski definition) is 1. The van der Waals surface area contributed by atoms with Gasteiger partial charge in [-0.2, -0.15) is 0 Å². The number of aryl methyl sites for hydroxylation is 3. The number of thiophene rings is 1. The van der Waals surface area contributed by atoms with Crippen molar-refractivity contribution in [2.45, 2.75) is 46.6 Å². The maximum Gasteiger partial charge on any atom is 0.0423 e. The Hall–Kier alpha value is -1.19. The number of pyridine rings is 1. The van der Waals surface area contributed by atoms with Crippen molar-refractivity contribution in [2.24, 2.45) is 0 Å². The minimum atomic E-state index is 0.358. The van der Waals surface area contributed by atoms with Crippen LogP contribution in [0.15, 0.2) is 24.3 Å². The van der Waals surface area contributed by atoms with E-state index in [4.69, 9.17) is 0 Å². The molecule has 2 heterocycles. The molecule has 0 radical (unpaired) electrons. The Labute approximate surface area is 126 Å². The summed E-state index contributed by atoms with van der Waals surface area (Å²) in [5.41, 5.74) is 3.55. The smallest absolute Gasteiger partial charge is 0.0423 e. The average molecular weight is 288 g/mol. The molecule has 1 unspecified atom stereocenters. The van der Waals surface area contributed by atoms with Crippen LogP contribution in [-0.2, 0) is 12.8 Å².